The number of phenols is 1. The lowest BCUT2D eigenvalue weighted by Gasteiger charge is -2.55. The van der Waals surface area contributed by atoms with Gasteiger partial charge >= 0.3 is 0 Å². The van der Waals surface area contributed by atoms with Gasteiger partial charge in [-0.05, 0) is 66.5 Å². The molecule has 1 heterocycles. The number of hydrogen-bond acceptors (Lipinski definition) is 5. The molecule has 6 heteroatoms. The van der Waals surface area contributed by atoms with E-state index in [9.17, 15) is 24.3 Å². The van der Waals surface area contributed by atoms with E-state index in [0.29, 0.717) is 28.7 Å². The fourth-order valence-corrected chi connectivity index (χ4v) is 8.56. The first-order valence-electron chi connectivity index (χ1n) is 14.9. The maximum Gasteiger partial charge on any atom is 0.233 e. The van der Waals surface area contributed by atoms with E-state index in [4.69, 9.17) is 0 Å². The molecule has 1 saturated carbocycles. The molecule has 2 fully saturated rings. The molecule has 6 atom stereocenters. The molecule has 0 bridgehead atoms. The monoisotopic (exact) mass is 571 g/mol. The number of fused-ring (bicyclic) bond motifs is 4. The first-order valence-corrected chi connectivity index (χ1v) is 14.9. The van der Waals surface area contributed by atoms with Gasteiger partial charge in [0.1, 0.15) is 5.75 Å². The Balaban J connectivity index is 1.54. The molecule has 4 aliphatic rings. The quantitative estimate of drug-likeness (QED) is 0.333. The maximum atomic E-state index is 14.9. The van der Waals surface area contributed by atoms with Crippen LogP contribution in [-0.4, -0.2) is 40.4 Å². The van der Waals surface area contributed by atoms with E-state index in [0.717, 1.165) is 16.7 Å². The third-order valence-corrected chi connectivity index (χ3v) is 10.4. The first kappa shape index (κ1) is 27.3. The SMILES string of the molecule is Cc1cc([C@H]2C3=CC[C@@H]4C(=O)N(C)C(=O)[C@@H]4[C@@H]3C[C@H]3C(=O)C(c4ccccc4)=CC(=O)[C@@]23c2ccccc2)cc(C)c1O. The zero-order valence-electron chi connectivity index (χ0n) is 24.4. The van der Waals surface area contributed by atoms with Crippen LogP contribution in [-0.2, 0) is 24.6 Å². The van der Waals surface area contributed by atoms with E-state index in [1.165, 1.54) is 18.0 Å². The first-order chi connectivity index (χ1) is 20.7. The highest BCUT2D eigenvalue weighted by atomic mass is 16.3. The molecule has 1 N–H and O–H groups in total. The third-order valence-electron chi connectivity index (χ3n) is 10.4. The van der Waals surface area contributed by atoms with Gasteiger partial charge in [-0.15, -0.1) is 0 Å². The Kier molecular flexibility index (Phi) is 6.17. The van der Waals surface area contributed by atoms with Gasteiger partial charge in [0.15, 0.2) is 11.6 Å². The number of amides is 2. The second kappa shape index (κ2) is 9.73. The van der Waals surface area contributed by atoms with Crippen LogP contribution < -0.4 is 0 Å². The number of allylic oxidation sites excluding steroid dienone is 4. The summed E-state index contributed by atoms with van der Waals surface area (Å²) in [7, 11) is 1.54. The van der Waals surface area contributed by atoms with Crippen molar-refractivity contribution in [3.8, 4) is 5.75 Å². The van der Waals surface area contributed by atoms with E-state index in [1.807, 2.05) is 86.6 Å². The van der Waals surface area contributed by atoms with Crippen LogP contribution >= 0.6 is 0 Å². The minimum Gasteiger partial charge on any atom is -0.507 e. The standard InChI is InChI=1S/C37H33NO5/c1-20-16-23(17-21(2)33(20)40)32-25-14-15-26-31(36(43)38(3)35(26)42)28(25)18-29-34(41)27(22-10-6-4-7-11-22)19-30(39)37(29,32)24-12-8-5-9-13-24/h4-14,16-17,19,26,28-29,31-32,40H,15,18H2,1-3H3/t26-,28+,29-,31-,32-,37-/m0/s1. The highest BCUT2D eigenvalue weighted by Crippen LogP contribution is 2.63. The molecular formula is C37H33NO5. The molecular weight excluding hydrogens is 538 g/mol. The lowest BCUT2D eigenvalue weighted by Crippen LogP contribution is -2.58. The number of imide groups is 1. The smallest absolute Gasteiger partial charge is 0.233 e. The molecule has 0 spiro atoms. The lowest BCUT2D eigenvalue weighted by atomic mass is 9.44. The molecule has 3 aromatic carbocycles. The summed E-state index contributed by atoms with van der Waals surface area (Å²) in [6.07, 6.45) is 4.28. The number of ketones is 2. The Labute approximate surface area is 250 Å². The second-order valence-electron chi connectivity index (χ2n) is 12.5. The van der Waals surface area contributed by atoms with Crippen molar-refractivity contribution in [3.05, 3.63) is 118 Å². The van der Waals surface area contributed by atoms with Crippen LogP contribution in [0.4, 0.5) is 0 Å². The minimum absolute atomic E-state index is 0.127. The van der Waals surface area contributed by atoms with Crippen LogP contribution in [0.2, 0.25) is 0 Å². The zero-order chi connectivity index (χ0) is 30.2. The van der Waals surface area contributed by atoms with Crippen molar-refractivity contribution in [1.82, 2.24) is 4.90 Å². The number of likely N-dealkylation sites (tertiary alicyclic amines) is 1. The molecule has 6 nitrogen and oxygen atoms in total. The lowest BCUT2D eigenvalue weighted by molar-refractivity contribution is -0.139. The van der Waals surface area contributed by atoms with Crippen molar-refractivity contribution in [1.29, 1.82) is 0 Å². The van der Waals surface area contributed by atoms with Crippen LogP contribution in [0.15, 0.2) is 90.5 Å². The van der Waals surface area contributed by atoms with Gasteiger partial charge in [0, 0.05) is 24.5 Å². The van der Waals surface area contributed by atoms with Crippen molar-refractivity contribution in [2.24, 2.45) is 23.7 Å². The average molecular weight is 572 g/mol. The van der Waals surface area contributed by atoms with Gasteiger partial charge in [0.05, 0.1) is 17.3 Å². The molecule has 3 aromatic rings. The fraction of sp³-hybridized carbons (Fsp3) is 0.297. The normalized spacial score (nSPS) is 29.9. The number of nitrogens with zero attached hydrogens (tertiary/aromatic N) is 1. The number of aryl methyl sites for hydroxylation is 2. The summed E-state index contributed by atoms with van der Waals surface area (Å²) in [5.41, 5.74) is 3.65. The summed E-state index contributed by atoms with van der Waals surface area (Å²) in [5, 5.41) is 10.7. The summed E-state index contributed by atoms with van der Waals surface area (Å²) in [5.74, 6) is -3.27. The zero-order valence-corrected chi connectivity index (χ0v) is 24.4. The minimum atomic E-state index is -1.26. The van der Waals surface area contributed by atoms with Gasteiger partial charge < -0.3 is 5.11 Å². The van der Waals surface area contributed by atoms with E-state index in [1.54, 1.807) is 0 Å². The number of rotatable bonds is 3. The molecule has 0 unspecified atom stereocenters. The van der Waals surface area contributed by atoms with Gasteiger partial charge in [-0.25, -0.2) is 0 Å². The number of Topliss-reactive ketones (excluding diaryl/α,β-unsaturated/α-hetero) is 1. The van der Waals surface area contributed by atoms with Gasteiger partial charge in [0.25, 0.3) is 0 Å². The Morgan fingerprint density at radius 1 is 0.837 bits per heavy atom. The Hall–Kier alpha value is -4.58. The fourth-order valence-electron chi connectivity index (χ4n) is 8.56. The maximum absolute atomic E-state index is 14.9. The Morgan fingerprint density at radius 2 is 1.47 bits per heavy atom. The van der Waals surface area contributed by atoms with E-state index >= 15 is 0 Å². The van der Waals surface area contributed by atoms with E-state index in [-0.39, 0.29) is 41.5 Å². The van der Waals surface area contributed by atoms with Gasteiger partial charge in [-0.3, -0.25) is 24.1 Å². The number of aromatic hydroxyl groups is 1. The molecule has 1 saturated heterocycles. The molecule has 7 rings (SSSR count). The number of phenolic OH excluding ortho intramolecular Hbond substituents is 1. The van der Waals surface area contributed by atoms with Crippen molar-refractivity contribution in [2.75, 3.05) is 7.05 Å². The Morgan fingerprint density at radius 3 is 2.12 bits per heavy atom. The molecule has 0 aromatic heterocycles. The number of carbonyl (C=O) groups excluding carboxylic acids is 4. The number of benzene rings is 3. The Bertz CT molecular complexity index is 1750. The summed E-state index contributed by atoms with van der Waals surface area (Å²) in [6, 6.07) is 22.6. The summed E-state index contributed by atoms with van der Waals surface area (Å²) in [4.78, 5) is 57.7. The highest BCUT2D eigenvalue weighted by Gasteiger charge is 2.65. The summed E-state index contributed by atoms with van der Waals surface area (Å²) < 4.78 is 0. The number of hydrogen-bond donors (Lipinski definition) is 1. The van der Waals surface area contributed by atoms with Crippen LogP contribution in [0.25, 0.3) is 5.57 Å². The van der Waals surface area contributed by atoms with Crippen LogP contribution in [0.5, 0.6) is 5.75 Å². The topological polar surface area (TPSA) is 91.8 Å². The predicted octanol–water partition coefficient (Wildman–Crippen LogP) is 5.46. The highest BCUT2D eigenvalue weighted by molar-refractivity contribution is 6.31. The molecule has 216 valence electrons. The van der Waals surface area contributed by atoms with Crippen LogP contribution in [0.3, 0.4) is 0 Å². The van der Waals surface area contributed by atoms with E-state index in [2.05, 4.69) is 6.08 Å². The van der Waals surface area contributed by atoms with Gasteiger partial charge in [0.2, 0.25) is 11.8 Å². The van der Waals surface area contributed by atoms with Crippen LogP contribution in [0, 0.1) is 37.5 Å². The largest absolute Gasteiger partial charge is 0.507 e. The molecule has 3 aliphatic carbocycles. The van der Waals surface area contributed by atoms with Gasteiger partial charge in [-0.1, -0.05) is 84.4 Å². The summed E-state index contributed by atoms with van der Waals surface area (Å²) in [6.45, 7) is 3.67. The van der Waals surface area contributed by atoms with Crippen molar-refractivity contribution < 1.29 is 24.3 Å². The number of carbonyl (C=O) groups is 4. The van der Waals surface area contributed by atoms with Crippen molar-refractivity contribution in [3.63, 3.8) is 0 Å². The second-order valence-corrected chi connectivity index (χ2v) is 12.5. The summed E-state index contributed by atoms with van der Waals surface area (Å²) >= 11 is 0. The molecule has 43 heavy (non-hydrogen) atoms. The predicted molar refractivity (Wildman–Crippen MR) is 162 cm³/mol. The van der Waals surface area contributed by atoms with E-state index < -0.39 is 29.1 Å². The van der Waals surface area contributed by atoms with Crippen molar-refractivity contribution >= 4 is 29.0 Å². The average Bonchev–Trinajstić information content (AvgIpc) is 3.24. The third kappa shape index (κ3) is 3.71. The molecule has 0 radical (unpaired) electrons. The van der Waals surface area contributed by atoms with Crippen molar-refractivity contribution in [2.45, 2.75) is 38.0 Å². The molecule has 2 amide bonds. The van der Waals surface area contributed by atoms with Gasteiger partial charge in [-0.2, -0.15) is 0 Å². The molecule has 1 aliphatic heterocycles. The van der Waals surface area contributed by atoms with Crippen LogP contribution in [0.1, 0.15) is 46.6 Å².